The van der Waals surface area contributed by atoms with E-state index >= 15 is 0 Å². The van der Waals surface area contributed by atoms with Gasteiger partial charge in [-0.1, -0.05) is 45.4 Å². The first-order chi connectivity index (χ1) is 4.93. The maximum atomic E-state index is 4.50. The molecule has 0 radical (unpaired) electrons. The van der Waals surface area contributed by atoms with E-state index < -0.39 is 0 Å². The first-order valence-electron chi connectivity index (χ1n) is 4.51. The van der Waals surface area contributed by atoms with Crippen molar-refractivity contribution in [3.05, 3.63) is 0 Å². The molecule has 0 aromatic rings. The molecule has 0 aliphatic heterocycles. The van der Waals surface area contributed by atoms with Crippen molar-refractivity contribution >= 4 is 24.0 Å². The van der Waals surface area contributed by atoms with Crippen LogP contribution >= 0.6 is 24.0 Å². The van der Waals surface area contributed by atoms with Gasteiger partial charge in [0.15, 0.2) is 0 Å². The lowest BCUT2D eigenvalue weighted by Gasteiger charge is -1.92. The summed E-state index contributed by atoms with van der Waals surface area (Å²) in [5.41, 5.74) is 4.50. The second-order valence-corrected chi connectivity index (χ2v) is 2.94. The highest BCUT2D eigenvalue weighted by atomic mass is 127. The number of nitrogens with two attached hydrogens (primary N) is 1. The van der Waals surface area contributed by atoms with E-state index in [1.807, 2.05) is 0 Å². The van der Waals surface area contributed by atoms with Gasteiger partial charge in [-0.15, -0.1) is 24.0 Å². The fourth-order valence-electron chi connectivity index (χ4n) is 1.09. The van der Waals surface area contributed by atoms with Crippen LogP contribution in [0, 0.1) is 5.92 Å². The number of rotatable bonds is 4. The summed E-state index contributed by atoms with van der Waals surface area (Å²) < 4.78 is 0. The molecule has 1 nitrogen and oxygen atoms in total. The minimum absolute atomic E-state index is 0. The van der Waals surface area contributed by atoms with Crippen molar-refractivity contribution in [1.82, 2.24) is 0 Å². The Morgan fingerprint density at radius 2 is 1.73 bits per heavy atom. The summed E-state index contributed by atoms with van der Waals surface area (Å²) in [5.74, 6) is 1.15. The second-order valence-electron chi connectivity index (χ2n) is 2.94. The van der Waals surface area contributed by atoms with Crippen molar-refractivity contribution in [3.8, 4) is 0 Å². The Balaban J connectivity index is 0. The normalized spacial score (nSPS) is 14.5. The van der Waals surface area contributed by atoms with E-state index in [9.17, 15) is 0 Å². The van der Waals surface area contributed by atoms with Crippen LogP contribution in [-0.4, -0.2) is 7.05 Å². The highest BCUT2D eigenvalue weighted by Gasteiger charge is 2.19. The van der Waals surface area contributed by atoms with Crippen molar-refractivity contribution in [1.29, 1.82) is 0 Å². The molecule has 0 bridgehead atoms. The molecule has 0 spiro atoms. The highest BCUT2D eigenvalue weighted by molar-refractivity contribution is 14.0. The van der Waals surface area contributed by atoms with E-state index in [0.717, 1.165) is 5.92 Å². The Morgan fingerprint density at radius 3 is 2.09 bits per heavy atom. The van der Waals surface area contributed by atoms with Gasteiger partial charge in [0.1, 0.15) is 0 Å². The Kier molecular flexibility index (Phi) is 13.8. The molecule has 0 amide bonds. The van der Waals surface area contributed by atoms with Gasteiger partial charge in [0.2, 0.25) is 0 Å². The van der Waals surface area contributed by atoms with Crippen LogP contribution in [0.2, 0.25) is 0 Å². The average molecular weight is 271 g/mol. The summed E-state index contributed by atoms with van der Waals surface area (Å²) in [5, 5.41) is 0. The molecule has 1 saturated carbocycles. The van der Waals surface area contributed by atoms with E-state index in [4.69, 9.17) is 0 Å². The molecule has 0 saturated heterocycles. The summed E-state index contributed by atoms with van der Waals surface area (Å²) in [4.78, 5) is 0. The lowest BCUT2D eigenvalue weighted by atomic mass is 10.1. The first-order valence-corrected chi connectivity index (χ1v) is 4.51. The van der Waals surface area contributed by atoms with Gasteiger partial charge in [-0.25, -0.2) is 0 Å². The molecule has 0 unspecified atom stereocenters. The second kappa shape index (κ2) is 10.7. The number of halogens is 1. The maximum absolute atomic E-state index is 4.50. The van der Waals surface area contributed by atoms with Crippen LogP contribution < -0.4 is 5.73 Å². The van der Waals surface area contributed by atoms with Crippen molar-refractivity contribution < 1.29 is 0 Å². The molecular weight excluding hydrogens is 249 g/mol. The summed E-state index contributed by atoms with van der Waals surface area (Å²) in [7, 11) is 1.50. The van der Waals surface area contributed by atoms with Crippen molar-refractivity contribution in [2.75, 3.05) is 7.05 Å². The SMILES string of the molecule is CCCCCC1CC1.CN.I. The van der Waals surface area contributed by atoms with Gasteiger partial charge in [0, 0.05) is 0 Å². The highest BCUT2D eigenvalue weighted by Crippen LogP contribution is 2.33. The first kappa shape index (κ1) is 14.2. The smallest absolute Gasteiger partial charge is 0.0195 e. The largest absolute Gasteiger partial charge is 0.333 e. The fraction of sp³-hybridized carbons (Fsp3) is 1.00. The Labute approximate surface area is 88.1 Å². The average Bonchev–Trinajstić information content (AvgIpc) is 2.77. The molecule has 2 heteroatoms. The molecule has 11 heavy (non-hydrogen) atoms. The van der Waals surface area contributed by atoms with E-state index in [2.05, 4.69) is 12.7 Å². The predicted molar refractivity (Wildman–Crippen MR) is 62.4 cm³/mol. The van der Waals surface area contributed by atoms with Crippen LogP contribution in [0.1, 0.15) is 45.4 Å². The van der Waals surface area contributed by atoms with Crippen LogP contribution in [-0.2, 0) is 0 Å². The van der Waals surface area contributed by atoms with Gasteiger partial charge in [-0.3, -0.25) is 0 Å². The number of hydrogen-bond acceptors (Lipinski definition) is 1. The van der Waals surface area contributed by atoms with Gasteiger partial charge in [0.05, 0.1) is 0 Å². The van der Waals surface area contributed by atoms with Crippen molar-refractivity contribution in [2.45, 2.75) is 45.4 Å². The van der Waals surface area contributed by atoms with E-state index in [-0.39, 0.29) is 24.0 Å². The zero-order valence-corrected chi connectivity index (χ0v) is 10.1. The van der Waals surface area contributed by atoms with Gasteiger partial charge in [-0.2, -0.15) is 0 Å². The number of hydrogen-bond donors (Lipinski definition) is 1. The molecule has 1 fully saturated rings. The Hall–Kier alpha value is 0.690. The van der Waals surface area contributed by atoms with Crippen molar-refractivity contribution in [2.24, 2.45) is 11.7 Å². The monoisotopic (exact) mass is 271 g/mol. The standard InChI is InChI=1S/C8H16.CH5N.HI/c1-2-3-4-5-8-6-7-8;1-2;/h8H,2-7H2,1H3;2H2,1H3;1H. The van der Waals surface area contributed by atoms with Crippen LogP contribution in [0.4, 0.5) is 0 Å². The molecule has 1 aliphatic rings. The molecular formula is C9H22IN. The zero-order chi connectivity index (χ0) is 7.82. The summed E-state index contributed by atoms with van der Waals surface area (Å²) >= 11 is 0. The van der Waals surface area contributed by atoms with E-state index in [0.29, 0.717) is 0 Å². The van der Waals surface area contributed by atoms with Crippen LogP contribution in [0.25, 0.3) is 0 Å². The van der Waals surface area contributed by atoms with E-state index in [1.165, 1.54) is 45.6 Å². The van der Waals surface area contributed by atoms with Gasteiger partial charge in [-0.05, 0) is 13.0 Å². The van der Waals surface area contributed by atoms with E-state index in [1.54, 1.807) is 0 Å². The topological polar surface area (TPSA) is 26.0 Å². The quantitative estimate of drug-likeness (QED) is 0.617. The van der Waals surface area contributed by atoms with Gasteiger partial charge >= 0.3 is 0 Å². The summed E-state index contributed by atoms with van der Waals surface area (Å²) in [6.45, 7) is 2.27. The fourth-order valence-corrected chi connectivity index (χ4v) is 1.09. The zero-order valence-electron chi connectivity index (χ0n) is 7.81. The summed E-state index contributed by atoms with van der Waals surface area (Å²) in [6, 6.07) is 0. The molecule has 0 aromatic carbocycles. The molecule has 0 atom stereocenters. The molecule has 1 aliphatic carbocycles. The predicted octanol–water partition coefficient (Wildman–Crippen LogP) is 3.17. The number of unbranched alkanes of at least 4 members (excludes halogenated alkanes) is 2. The third kappa shape index (κ3) is 10.7. The van der Waals surface area contributed by atoms with Crippen LogP contribution in [0.15, 0.2) is 0 Å². The minimum Gasteiger partial charge on any atom is -0.333 e. The molecule has 0 heterocycles. The minimum atomic E-state index is 0. The maximum Gasteiger partial charge on any atom is -0.0195 e. The molecule has 70 valence electrons. The van der Waals surface area contributed by atoms with Crippen LogP contribution in [0.3, 0.4) is 0 Å². The van der Waals surface area contributed by atoms with Crippen LogP contribution in [0.5, 0.6) is 0 Å². The molecule has 2 N–H and O–H groups in total. The summed E-state index contributed by atoms with van der Waals surface area (Å²) in [6.07, 6.45) is 8.91. The molecule has 1 rings (SSSR count). The lowest BCUT2D eigenvalue weighted by Crippen LogP contribution is -1.75. The Morgan fingerprint density at radius 1 is 1.18 bits per heavy atom. The third-order valence-electron chi connectivity index (χ3n) is 1.91. The third-order valence-corrected chi connectivity index (χ3v) is 1.91. The van der Waals surface area contributed by atoms with Crippen molar-refractivity contribution in [3.63, 3.8) is 0 Å². The van der Waals surface area contributed by atoms with Gasteiger partial charge < -0.3 is 5.73 Å². The Bertz CT molecular complexity index is 62.6. The molecule has 0 aromatic heterocycles. The van der Waals surface area contributed by atoms with Gasteiger partial charge in [0.25, 0.3) is 0 Å². The lowest BCUT2D eigenvalue weighted by molar-refractivity contribution is 0.620.